The molecule has 200 valence electrons. The molecule has 9 nitrogen and oxygen atoms in total. The van der Waals surface area contributed by atoms with Gasteiger partial charge in [-0.15, -0.1) is 5.73 Å². The van der Waals surface area contributed by atoms with Gasteiger partial charge in [-0.1, -0.05) is 41.9 Å². The van der Waals surface area contributed by atoms with Gasteiger partial charge in [0.15, 0.2) is 0 Å². The zero-order valence-corrected chi connectivity index (χ0v) is 21.9. The van der Waals surface area contributed by atoms with Crippen molar-refractivity contribution in [1.82, 2.24) is 0 Å². The van der Waals surface area contributed by atoms with Crippen molar-refractivity contribution in [3.05, 3.63) is 98.7 Å². The molecule has 0 atom stereocenters. The third-order valence-electron chi connectivity index (χ3n) is 5.58. The molecule has 0 aliphatic heterocycles. The predicted molar refractivity (Wildman–Crippen MR) is 145 cm³/mol. The number of carboxylic acids is 2. The number of anilines is 1. The van der Waals surface area contributed by atoms with Gasteiger partial charge in [-0.05, 0) is 54.5 Å². The van der Waals surface area contributed by atoms with Crippen molar-refractivity contribution in [3.63, 3.8) is 0 Å². The summed E-state index contributed by atoms with van der Waals surface area (Å²) < 4.78 is 5.31. The maximum atomic E-state index is 13.2. The van der Waals surface area contributed by atoms with Gasteiger partial charge in [-0.2, -0.15) is 0 Å². The SMILES string of the molecule is C=C=C(C)CCOC(=O)c1ccc(-c2ccc(Cl)cc2Cl)cc1NC(=O)c1cc(O)c(C(=O)O)cc1C(=O)O. The van der Waals surface area contributed by atoms with E-state index in [9.17, 15) is 34.5 Å². The molecule has 0 fully saturated rings. The Bertz CT molecular complexity index is 1560. The minimum atomic E-state index is -1.60. The number of halogens is 2. The fraction of sp³-hybridized carbons (Fsp3) is 0.107. The van der Waals surface area contributed by atoms with Gasteiger partial charge in [-0.25, -0.2) is 14.4 Å². The Morgan fingerprint density at radius 3 is 2.23 bits per heavy atom. The molecule has 1 amide bonds. The Hall–Kier alpha value is -4.56. The first-order valence-corrected chi connectivity index (χ1v) is 12.0. The summed E-state index contributed by atoms with van der Waals surface area (Å²) in [6, 6.07) is 10.6. The van der Waals surface area contributed by atoms with Crippen LogP contribution in [0, 0.1) is 0 Å². The summed E-state index contributed by atoms with van der Waals surface area (Å²) in [6.45, 7) is 5.30. The van der Waals surface area contributed by atoms with E-state index in [0.717, 1.165) is 11.6 Å². The van der Waals surface area contributed by atoms with E-state index < -0.39 is 46.3 Å². The molecule has 0 heterocycles. The first-order valence-electron chi connectivity index (χ1n) is 11.2. The zero-order chi connectivity index (χ0) is 28.9. The normalized spacial score (nSPS) is 10.3. The number of carboxylic acid groups (broad SMARTS) is 2. The third-order valence-corrected chi connectivity index (χ3v) is 6.13. The lowest BCUT2D eigenvalue weighted by Gasteiger charge is -2.15. The van der Waals surface area contributed by atoms with Crippen LogP contribution in [0.5, 0.6) is 5.75 Å². The summed E-state index contributed by atoms with van der Waals surface area (Å²) in [5, 5.41) is 32.0. The maximum absolute atomic E-state index is 13.2. The second-order valence-corrected chi connectivity index (χ2v) is 9.05. The highest BCUT2D eigenvalue weighted by Crippen LogP contribution is 2.34. The predicted octanol–water partition coefficient (Wildman–Crippen LogP) is 6.29. The number of aromatic hydroxyl groups is 1. The average Bonchev–Trinajstić information content (AvgIpc) is 2.87. The molecule has 4 N–H and O–H groups in total. The molecule has 0 saturated heterocycles. The van der Waals surface area contributed by atoms with Gasteiger partial charge >= 0.3 is 17.9 Å². The number of phenols is 1. The Morgan fingerprint density at radius 2 is 1.62 bits per heavy atom. The topological polar surface area (TPSA) is 150 Å². The second kappa shape index (κ2) is 12.3. The Kier molecular flexibility index (Phi) is 9.16. The van der Waals surface area contributed by atoms with Crippen molar-refractivity contribution in [2.75, 3.05) is 11.9 Å². The van der Waals surface area contributed by atoms with Gasteiger partial charge in [0.25, 0.3) is 5.91 Å². The fourth-order valence-electron chi connectivity index (χ4n) is 3.49. The molecule has 0 unspecified atom stereocenters. The monoisotopic (exact) mass is 569 g/mol. The molecular weight excluding hydrogens is 549 g/mol. The summed E-state index contributed by atoms with van der Waals surface area (Å²) in [6.07, 6.45) is 0.382. The summed E-state index contributed by atoms with van der Waals surface area (Å²) in [5.74, 6) is -5.81. The van der Waals surface area contributed by atoms with E-state index in [-0.39, 0.29) is 17.9 Å². The standard InChI is InChI=1S/C28H21Cl2NO8/c1-3-14(2)8-9-39-28(38)18-6-4-15(17-7-5-16(29)11-22(17)30)10-23(18)31-25(33)19-13-24(32)21(27(36)37)12-20(19)26(34)35/h4-7,10-13,32H,1,8-9H2,2H3,(H,31,33)(H,34,35)(H,36,37). The zero-order valence-electron chi connectivity index (χ0n) is 20.4. The molecule has 0 spiro atoms. The van der Waals surface area contributed by atoms with Crippen LogP contribution in [0.1, 0.15) is 54.8 Å². The van der Waals surface area contributed by atoms with Crippen LogP contribution in [-0.4, -0.2) is 45.7 Å². The van der Waals surface area contributed by atoms with Gasteiger partial charge in [0.05, 0.1) is 29.0 Å². The summed E-state index contributed by atoms with van der Waals surface area (Å²) in [5.41, 5.74) is 2.46. The first-order chi connectivity index (χ1) is 18.4. The van der Waals surface area contributed by atoms with Crippen LogP contribution in [0.3, 0.4) is 0 Å². The molecule has 3 aromatic rings. The Morgan fingerprint density at radius 1 is 0.923 bits per heavy atom. The Labute approximate surface area is 232 Å². The molecule has 3 aromatic carbocycles. The number of carbonyl (C=O) groups is 4. The van der Waals surface area contributed by atoms with E-state index in [1.165, 1.54) is 18.2 Å². The number of hydrogen-bond donors (Lipinski definition) is 4. The van der Waals surface area contributed by atoms with Crippen molar-refractivity contribution >= 4 is 52.7 Å². The lowest BCUT2D eigenvalue weighted by Crippen LogP contribution is -2.19. The molecule has 39 heavy (non-hydrogen) atoms. The lowest BCUT2D eigenvalue weighted by atomic mass is 10.00. The first kappa shape index (κ1) is 29.0. The van der Waals surface area contributed by atoms with Crippen molar-refractivity contribution < 1.29 is 39.2 Å². The van der Waals surface area contributed by atoms with Gasteiger partial charge in [0.2, 0.25) is 0 Å². The molecule has 0 aliphatic carbocycles. The summed E-state index contributed by atoms with van der Waals surface area (Å²) in [7, 11) is 0. The van der Waals surface area contributed by atoms with E-state index >= 15 is 0 Å². The van der Waals surface area contributed by atoms with Crippen molar-refractivity contribution in [2.45, 2.75) is 13.3 Å². The molecule has 0 radical (unpaired) electrons. The minimum absolute atomic E-state index is 0.0129. The number of amides is 1. The molecule has 0 bridgehead atoms. The average molecular weight is 570 g/mol. The van der Waals surface area contributed by atoms with Gasteiger partial charge in [0.1, 0.15) is 11.3 Å². The second-order valence-electron chi connectivity index (χ2n) is 8.21. The van der Waals surface area contributed by atoms with Crippen LogP contribution in [0.15, 0.2) is 66.4 Å². The molecule has 3 rings (SSSR count). The quantitative estimate of drug-likeness (QED) is 0.173. The lowest BCUT2D eigenvalue weighted by molar-refractivity contribution is 0.0509. The highest BCUT2D eigenvalue weighted by molar-refractivity contribution is 6.36. The molecular formula is C28H21Cl2NO8. The number of esters is 1. The van der Waals surface area contributed by atoms with Gasteiger partial charge in [-0.3, -0.25) is 4.79 Å². The van der Waals surface area contributed by atoms with Crippen LogP contribution in [0.2, 0.25) is 10.0 Å². The Balaban J connectivity index is 2.07. The van der Waals surface area contributed by atoms with Crippen LogP contribution in [0.4, 0.5) is 5.69 Å². The van der Waals surface area contributed by atoms with Crippen molar-refractivity contribution in [1.29, 1.82) is 0 Å². The van der Waals surface area contributed by atoms with E-state index in [2.05, 4.69) is 17.6 Å². The van der Waals surface area contributed by atoms with Crippen molar-refractivity contribution in [2.24, 2.45) is 0 Å². The highest BCUT2D eigenvalue weighted by Gasteiger charge is 2.24. The number of benzene rings is 3. The fourth-order valence-corrected chi connectivity index (χ4v) is 4.01. The van der Waals surface area contributed by atoms with Gasteiger partial charge in [0, 0.05) is 22.0 Å². The number of aromatic carboxylic acids is 2. The third kappa shape index (κ3) is 6.86. The smallest absolute Gasteiger partial charge is 0.340 e. The molecule has 11 heteroatoms. The highest BCUT2D eigenvalue weighted by atomic mass is 35.5. The summed E-state index contributed by atoms with van der Waals surface area (Å²) in [4.78, 5) is 49.2. The molecule has 0 aromatic heterocycles. The maximum Gasteiger partial charge on any atom is 0.340 e. The van der Waals surface area contributed by atoms with Crippen LogP contribution >= 0.6 is 23.2 Å². The van der Waals surface area contributed by atoms with Crippen LogP contribution in [-0.2, 0) is 4.74 Å². The van der Waals surface area contributed by atoms with E-state index in [4.69, 9.17) is 27.9 Å². The number of nitrogens with one attached hydrogen (secondary N) is 1. The van der Waals surface area contributed by atoms with Crippen molar-refractivity contribution in [3.8, 4) is 16.9 Å². The van der Waals surface area contributed by atoms with E-state index in [1.54, 1.807) is 25.1 Å². The number of ether oxygens (including phenoxy) is 1. The molecule has 0 saturated carbocycles. The largest absolute Gasteiger partial charge is 0.507 e. The summed E-state index contributed by atoms with van der Waals surface area (Å²) >= 11 is 12.3. The molecule has 0 aliphatic rings. The number of rotatable bonds is 9. The number of carbonyl (C=O) groups excluding carboxylic acids is 2. The van der Waals surface area contributed by atoms with E-state index in [1.807, 2.05) is 0 Å². The van der Waals surface area contributed by atoms with E-state index in [0.29, 0.717) is 33.7 Å². The number of hydrogen-bond acceptors (Lipinski definition) is 6. The van der Waals surface area contributed by atoms with Crippen LogP contribution < -0.4 is 5.32 Å². The van der Waals surface area contributed by atoms with Crippen LogP contribution in [0.25, 0.3) is 11.1 Å². The van der Waals surface area contributed by atoms with Gasteiger partial charge < -0.3 is 25.4 Å². The minimum Gasteiger partial charge on any atom is -0.507 e.